The molecule has 0 saturated carbocycles. The maximum Gasteiger partial charge on any atom is 0.244 e. The summed E-state index contributed by atoms with van der Waals surface area (Å²) < 4.78 is 19.3. The van der Waals surface area contributed by atoms with Crippen molar-refractivity contribution in [3.05, 3.63) is 86.2 Å². The summed E-state index contributed by atoms with van der Waals surface area (Å²) >= 11 is 16.5. The summed E-state index contributed by atoms with van der Waals surface area (Å²) in [4.78, 5) is 29.2. The lowest BCUT2D eigenvalue weighted by atomic mass is 10.2. The third kappa shape index (κ3) is 5.98. The Morgan fingerprint density at radius 3 is 2.85 bits per heavy atom. The zero-order valence-corrected chi connectivity index (χ0v) is 23.6. The highest BCUT2D eigenvalue weighted by molar-refractivity contribution is 9.10. The fraction of sp³-hybridized carbons (Fsp3) is 0.148. The van der Waals surface area contributed by atoms with Crippen molar-refractivity contribution in [1.82, 2.24) is 14.7 Å². The zero-order chi connectivity index (χ0) is 27.5. The molecular weight excluding hydrogens is 611 g/mol. The Morgan fingerprint density at radius 2 is 2.00 bits per heavy atom. The quantitative estimate of drug-likeness (QED) is 0.239. The molecule has 0 aliphatic carbocycles. The van der Waals surface area contributed by atoms with E-state index in [-0.39, 0.29) is 25.0 Å². The average Bonchev–Trinajstić information content (AvgIpc) is 3.51. The highest BCUT2D eigenvalue weighted by Crippen LogP contribution is 2.34. The predicted molar refractivity (Wildman–Crippen MR) is 152 cm³/mol. The number of rotatable bonds is 8. The van der Waals surface area contributed by atoms with Crippen LogP contribution in [0.2, 0.25) is 10.0 Å². The van der Waals surface area contributed by atoms with Crippen molar-refractivity contribution < 1.29 is 23.8 Å². The van der Waals surface area contributed by atoms with Gasteiger partial charge >= 0.3 is 0 Å². The maximum atomic E-state index is 12.5. The van der Waals surface area contributed by atoms with Gasteiger partial charge in [-0.05, 0) is 70.9 Å². The number of anilines is 1. The van der Waals surface area contributed by atoms with Crippen LogP contribution in [-0.2, 0) is 16.2 Å². The molecule has 2 amide bonds. The first kappa shape index (κ1) is 26.9. The van der Waals surface area contributed by atoms with Gasteiger partial charge in [-0.15, -0.1) is 0 Å². The van der Waals surface area contributed by atoms with E-state index in [9.17, 15) is 9.59 Å². The Hall–Kier alpha value is -3.73. The molecule has 9 nitrogen and oxygen atoms in total. The summed E-state index contributed by atoms with van der Waals surface area (Å²) in [5.74, 6) is 0.919. The molecule has 39 heavy (non-hydrogen) atoms. The van der Waals surface area contributed by atoms with Crippen molar-refractivity contribution >= 4 is 68.4 Å². The third-order valence-corrected chi connectivity index (χ3v) is 7.54. The number of hydrogen-bond acceptors (Lipinski definition) is 6. The van der Waals surface area contributed by atoms with Crippen molar-refractivity contribution in [2.45, 2.75) is 13.5 Å². The Labute approximate surface area is 241 Å². The molecule has 0 fully saturated rings. The fourth-order valence-electron chi connectivity index (χ4n) is 3.83. The standard InChI is InChI=1S/C27H21BrCl2N4O5/c1-15-26(28)34-10-2-3-21(27(34)32-15)37-13-17-18(29)6-7-19(25(17)30)33-24(36)12-31-23(35)9-5-16-4-8-20-22(11-16)39-14-38-20/h2-11H,12-14H2,1H3,(H,31,35)(H,33,36)/b9-5+. The topological polar surface area (TPSA) is 103 Å². The fourth-order valence-corrected chi connectivity index (χ4v) is 4.73. The Morgan fingerprint density at radius 1 is 1.18 bits per heavy atom. The molecule has 1 aliphatic rings. The van der Waals surface area contributed by atoms with Crippen LogP contribution in [-0.4, -0.2) is 34.5 Å². The van der Waals surface area contributed by atoms with Crippen LogP contribution < -0.4 is 24.8 Å². The van der Waals surface area contributed by atoms with E-state index in [0.717, 1.165) is 15.9 Å². The minimum atomic E-state index is -0.460. The van der Waals surface area contributed by atoms with Crippen molar-refractivity contribution in [2.75, 3.05) is 18.7 Å². The highest BCUT2D eigenvalue weighted by atomic mass is 79.9. The summed E-state index contributed by atoms with van der Waals surface area (Å²) in [6.07, 6.45) is 4.81. The molecule has 0 radical (unpaired) electrons. The largest absolute Gasteiger partial charge is 0.485 e. The van der Waals surface area contributed by atoms with Crippen molar-refractivity contribution in [1.29, 1.82) is 0 Å². The number of halogens is 3. The summed E-state index contributed by atoms with van der Waals surface area (Å²) in [5, 5.41) is 5.85. The number of amides is 2. The van der Waals surface area contributed by atoms with E-state index >= 15 is 0 Å². The number of carbonyl (C=O) groups excluding carboxylic acids is 2. The summed E-state index contributed by atoms with van der Waals surface area (Å²) in [6.45, 7) is 1.85. The normalized spacial score (nSPS) is 12.2. The number of aryl methyl sites for hydroxylation is 1. The van der Waals surface area contributed by atoms with Crippen LogP contribution >= 0.6 is 39.1 Å². The van der Waals surface area contributed by atoms with Crippen LogP contribution in [0.5, 0.6) is 17.2 Å². The van der Waals surface area contributed by atoms with Gasteiger partial charge < -0.3 is 24.8 Å². The molecule has 0 unspecified atom stereocenters. The number of imidazole rings is 1. The van der Waals surface area contributed by atoms with Crippen molar-refractivity contribution in [3.8, 4) is 17.2 Å². The lowest BCUT2D eigenvalue weighted by Crippen LogP contribution is -2.31. The first-order valence-corrected chi connectivity index (χ1v) is 13.2. The highest BCUT2D eigenvalue weighted by Gasteiger charge is 2.16. The minimum Gasteiger partial charge on any atom is -0.485 e. The van der Waals surface area contributed by atoms with Crippen LogP contribution in [0.1, 0.15) is 16.8 Å². The molecule has 1 aliphatic heterocycles. The number of pyridine rings is 1. The lowest BCUT2D eigenvalue weighted by molar-refractivity contribution is -0.121. The number of carbonyl (C=O) groups is 2. The van der Waals surface area contributed by atoms with Crippen LogP contribution in [0.15, 0.2) is 59.3 Å². The zero-order valence-electron chi connectivity index (χ0n) is 20.5. The molecule has 4 aromatic rings. The van der Waals surface area contributed by atoms with E-state index < -0.39 is 11.8 Å². The number of fused-ring (bicyclic) bond motifs is 2. The van der Waals surface area contributed by atoms with Crippen LogP contribution in [0.25, 0.3) is 11.7 Å². The molecule has 12 heteroatoms. The van der Waals surface area contributed by atoms with E-state index in [1.165, 1.54) is 6.08 Å². The van der Waals surface area contributed by atoms with E-state index in [2.05, 4.69) is 31.5 Å². The molecule has 0 bridgehead atoms. The van der Waals surface area contributed by atoms with E-state index in [0.29, 0.717) is 39.2 Å². The molecule has 2 N–H and O–H groups in total. The van der Waals surface area contributed by atoms with Gasteiger partial charge in [-0.2, -0.15) is 0 Å². The Kier molecular flexibility index (Phi) is 7.97. The molecule has 200 valence electrons. The number of benzene rings is 2. The number of nitrogens with one attached hydrogen (secondary N) is 2. The van der Waals surface area contributed by atoms with Crippen LogP contribution in [0, 0.1) is 6.92 Å². The van der Waals surface area contributed by atoms with E-state index in [4.69, 9.17) is 37.4 Å². The number of aromatic nitrogens is 2. The SMILES string of the molecule is Cc1nc2c(OCc3c(Cl)ccc(NC(=O)CNC(=O)/C=C/c4ccc5c(c4)OCO5)c3Cl)cccn2c1Br. The lowest BCUT2D eigenvalue weighted by Gasteiger charge is -2.14. The predicted octanol–water partition coefficient (Wildman–Crippen LogP) is 5.79. The van der Waals surface area contributed by atoms with Gasteiger partial charge in [0.25, 0.3) is 0 Å². The Balaban J connectivity index is 1.19. The molecule has 3 heterocycles. The third-order valence-electron chi connectivity index (χ3n) is 5.79. The maximum absolute atomic E-state index is 12.5. The molecule has 2 aromatic heterocycles. The second-order valence-corrected chi connectivity index (χ2v) is 9.98. The van der Waals surface area contributed by atoms with Crippen LogP contribution in [0.3, 0.4) is 0 Å². The molecule has 5 rings (SSSR count). The minimum absolute atomic E-state index is 0.0476. The summed E-state index contributed by atoms with van der Waals surface area (Å²) in [5.41, 5.74) is 3.06. The van der Waals surface area contributed by atoms with E-state index in [1.54, 1.807) is 42.5 Å². The van der Waals surface area contributed by atoms with Gasteiger partial charge in [-0.25, -0.2) is 4.98 Å². The molecule has 2 aromatic carbocycles. The van der Waals surface area contributed by atoms with Gasteiger partial charge in [0, 0.05) is 22.9 Å². The second-order valence-electron chi connectivity index (χ2n) is 8.44. The van der Waals surface area contributed by atoms with Gasteiger partial charge in [0.15, 0.2) is 22.9 Å². The molecule has 0 saturated heterocycles. The van der Waals surface area contributed by atoms with Gasteiger partial charge in [-0.1, -0.05) is 29.3 Å². The second kappa shape index (κ2) is 11.6. The first-order chi connectivity index (χ1) is 18.8. The molecule has 0 spiro atoms. The van der Waals surface area contributed by atoms with Gasteiger partial charge in [0.1, 0.15) is 11.2 Å². The monoisotopic (exact) mass is 630 g/mol. The number of hydrogen-bond donors (Lipinski definition) is 2. The molecule has 0 atom stereocenters. The average molecular weight is 632 g/mol. The van der Waals surface area contributed by atoms with Gasteiger partial charge in [0.05, 0.1) is 22.9 Å². The molecular formula is C27H21BrCl2N4O5. The van der Waals surface area contributed by atoms with Crippen LogP contribution in [0.4, 0.5) is 5.69 Å². The van der Waals surface area contributed by atoms with Gasteiger partial charge in [-0.3, -0.25) is 14.0 Å². The first-order valence-electron chi connectivity index (χ1n) is 11.7. The summed E-state index contributed by atoms with van der Waals surface area (Å²) in [6, 6.07) is 12.2. The summed E-state index contributed by atoms with van der Waals surface area (Å²) in [7, 11) is 0. The Bertz CT molecular complexity index is 1620. The number of ether oxygens (including phenoxy) is 3. The van der Waals surface area contributed by atoms with Gasteiger partial charge in [0.2, 0.25) is 18.6 Å². The van der Waals surface area contributed by atoms with E-state index in [1.807, 2.05) is 23.6 Å². The smallest absolute Gasteiger partial charge is 0.244 e. The van der Waals surface area contributed by atoms with Crippen molar-refractivity contribution in [2.24, 2.45) is 0 Å². The number of nitrogens with zero attached hydrogens (tertiary/aromatic N) is 2. The van der Waals surface area contributed by atoms with Crippen molar-refractivity contribution in [3.63, 3.8) is 0 Å².